The summed E-state index contributed by atoms with van der Waals surface area (Å²) in [7, 11) is 0. The lowest BCUT2D eigenvalue weighted by Crippen LogP contribution is -2.36. The number of tetrazole rings is 1. The second-order valence-corrected chi connectivity index (χ2v) is 6.64. The lowest BCUT2D eigenvalue weighted by atomic mass is 10.2. The number of benzene rings is 2. The van der Waals surface area contributed by atoms with Crippen molar-refractivity contribution in [3.63, 3.8) is 0 Å². The lowest BCUT2D eigenvalue weighted by molar-refractivity contribution is 0.122. The van der Waals surface area contributed by atoms with Crippen LogP contribution in [0.15, 0.2) is 42.5 Å². The average Bonchev–Trinajstić information content (AvgIpc) is 3.20. The second kappa shape index (κ2) is 6.48. The van der Waals surface area contributed by atoms with Crippen LogP contribution in [0, 0.1) is 6.92 Å². The molecule has 0 atom stereocenters. The van der Waals surface area contributed by atoms with Crippen molar-refractivity contribution < 1.29 is 4.74 Å². The number of aryl methyl sites for hydroxylation is 1. The van der Waals surface area contributed by atoms with E-state index in [4.69, 9.17) is 9.72 Å². The second-order valence-electron chi connectivity index (χ2n) is 6.64. The molecular formula is C19H19N7O. The first-order valence-electron chi connectivity index (χ1n) is 8.96. The van der Waals surface area contributed by atoms with Gasteiger partial charge in [-0.25, -0.2) is 4.98 Å². The molecule has 0 unspecified atom stereocenters. The van der Waals surface area contributed by atoms with Crippen molar-refractivity contribution in [3.8, 4) is 0 Å². The van der Waals surface area contributed by atoms with Gasteiger partial charge in [0.2, 0.25) is 5.65 Å². The van der Waals surface area contributed by atoms with Crippen molar-refractivity contribution >= 4 is 33.9 Å². The van der Waals surface area contributed by atoms with Gasteiger partial charge in [-0.2, -0.15) is 4.52 Å². The number of hydrogen-bond acceptors (Lipinski definition) is 7. The molecule has 27 heavy (non-hydrogen) atoms. The van der Waals surface area contributed by atoms with Crippen molar-refractivity contribution in [3.05, 3.63) is 48.0 Å². The molecule has 8 nitrogen and oxygen atoms in total. The van der Waals surface area contributed by atoms with E-state index in [1.807, 2.05) is 37.3 Å². The maximum absolute atomic E-state index is 5.42. The molecule has 5 rings (SSSR count). The molecule has 1 N–H and O–H groups in total. The first-order chi connectivity index (χ1) is 13.3. The van der Waals surface area contributed by atoms with E-state index in [9.17, 15) is 0 Å². The maximum Gasteiger partial charge on any atom is 0.222 e. The Labute approximate surface area is 155 Å². The predicted molar refractivity (Wildman–Crippen MR) is 104 cm³/mol. The van der Waals surface area contributed by atoms with Gasteiger partial charge in [-0.15, -0.1) is 5.10 Å². The number of morpholine rings is 1. The molecule has 0 spiro atoms. The summed E-state index contributed by atoms with van der Waals surface area (Å²) in [4.78, 5) is 7.05. The topological polar surface area (TPSA) is 80.5 Å². The summed E-state index contributed by atoms with van der Waals surface area (Å²) in [6, 6.07) is 14.4. The van der Waals surface area contributed by atoms with Crippen LogP contribution in [0.2, 0.25) is 0 Å². The summed E-state index contributed by atoms with van der Waals surface area (Å²) in [6.07, 6.45) is 0. The van der Waals surface area contributed by atoms with Gasteiger partial charge < -0.3 is 15.0 Å². The number of aromatic nitrogens is 5. The third-order valence-electron chi connectivity index (χ3n) is 4.78. The van der Waals surface area contributed by atoms with Crippen LogP contribution in [-0.2, 0) is 4.74 Å². The molecule has 1 fully saturated rings. The molecule has 0 radical (unpaired) electrons. The fourth-order valence-electron chi connectivity index (χ4n) is 3.36. The minimum atomic E-state index is 0.602. The summed E-state index contributed by atoms with van der Waals surface area (Å²) in [6.45, 7) is 5.43. The molecule has 1 aliphatic rings. The molecule has 0 amide bonds. The highest BCUT2D eigenvalue weighted by Gasteiger charge is 2.13. The number of nitrogens with zero attached hydrogens (tertiary/aromatic N) is 6. The average molecular weight is 361 g/mol. The Morgan fingerprint density at radius 3 is 2.67 bits per heavy atom. The fourth-order valence-corrected chi connectivity index (χ4v) is 3.36. The van der Waals surface area contributed by atoms with E-state index < -0.39 is 0 Å². The number of anilines is 3. The van der Waals surface area contributed by atoms with Gasteiger partial charge in [0.1, 0.15) is 0 Å². The first kappa shape index (κ1) is 16.0. The van der Waals surface area contributed by atoms with Crippen molar-refractivity contribution in [1.29, 1.82) is 0 Å². The molecule has 136 valence electrons. The molecule has 1 saturated heterocycles. The Balaban J connectivity index is 1.48. The van der Waals surface area contributed by atoms with E-state index in [1.165, 1.54) is 5.69 Å². The van der Waals surface area contributed by atoms with Crippen molar-refractivity contribution in [2.75, 3.05) is 36.5 Å². The number of rotatable bonds is 3. The van der Waals surface area contributed by atoms with E-state index in [0.717, 1.165) is 48.6 Å². The van der Waals surface area contributed by atoms with Crippen LogP contribution in [0.3, 0.4) is 0 Å². The van der Waals surface area contributed by atoms with E-state index in [0.29, 0.717) is 11.5 Å². The quantitative estimate of drug-likeness (QED) is 0.601. The number of hydrogen-bond donors (Lipinski definition) is 1. The Kier molecular flexibility index (Phi) is 3.83. The van der Waals surface area contributed by atoms with E-state index in [-0.39, 0.29) is 0 Å². The third-order valence-corrected chi connectivity index (χ3v) is 4.78. The van der Waals surface area contributed by atoms with Gasteiger partial charge in [-0.05, 0) is 59.3 Å². The van der Waals surface area contributed by atoms with Crippen LogP contribution in [0.25, 0.3) is 16.7 Å². The molecule has 1 aliphatic heterocycles. The molecule has 2 aromatic carbocycles. The summed E-state index contributed by atoms with van der Waals surface area (Å²) in [5.41, 5.74) is 5.61. The van der Waals surface area contributed by atoms with E-state index >= 15 is 0 Å². The lowest BCUT2D eigenvalue weighted by Gasteiger charge is -2.28. The highest BCUT2D eigenvalue weighted by molar-refractivity contribution is 5.84. The zero-order valence-corrected chi connectivity index (χ0v) is 15.0. The highest BCUT2D eigenvalue weighted by Crippen LogP contribution is 2.25. The van der Waals surface area contributed by atoms with Gasteiger partial charge in [0.05, 0.1) is 24.2 Å². The molecule has 0 bridgehead atoms. The van der Waals surface area contributed by atoms with E-state index in [2.05, 4.69) is 37.9 Å². The van der Waals surface area contributed by atoms with Crippen molar-refractivity contribution in [1.82, 2.24) is 25.0 Å². The molecule has 4 aromatic rings. The third kappa shape index (κ3) is 2.93. The van der Waals surface area contributed by atoms with Crippen molar-refractivity contribution in [2.45, 2.75) is 6.92 Å². The largest absolute Gasteiger partial charge is 0.378 e. The minimum Gasteiger partial charge on any atom is -0.378 e. The fraction of sp³-hybridized carbons (Fsp3) is 0.263. The van der Waals surface area contributed by atoms with E-state index in [1.54, 1.807) is 4.52 Å². The van der Waals surface area contributed by atoms with Gasteiger partial charge >= 0.3 is 0 Å². The number of fused-ring (bicyclic) bond motifs is 3. The number of nitrogens with one attached hydrogen (secondary N) is 1. The first-order valence-corrected chi connectivity index (χ1v) is 8.96. The Morgan fingerprint density at radius 1 is 1.04 bits per heavy atom. The summed E-state index contributed by atoms with van der Waals surface area (Å²) < 4.78 is 7.14. The van der Waals surface area contributed by atoms with Crippen LogP contribution in [0.4, 0.5) is 17.2 Å². The summed E-state index contributed by atoms with van der Waals surface area (Å²) in [5.74, 6) is 0.635. The van der Waals surface area contributed by atoms with Gasteiger partial charge in [0.15, 0.2) is 5.82 Å². The monoisotopic (exact) mass is 361 g/mol. The Bertz CT molecular complexity index is 1100. The standard InChI is InChI=1S/C19H19N7O/c1-13-2-7-16-17(12-13)26-19(22-23-24-26)18(21-16)20-14-3-5-15(6-4-14)25-8-10-27-11-9-25/h2-7,12H,8-11H2,1H3,(H,20,21). The molecule has 3 heterocycles. The van der Waals surface area contributed by atoms with Crippen LogP contribution in [-0.4, -0.2) is 51.3 Å². The van der Waals surface area contributed by atoms with Gasteiger partial charge in [-0.1, -0.05) is 6.07 Å². The van der Waals surface area contributed by atoms with Crippen LogP contribution in [0.1, 0.15) is 5.56 Å². The van der Waals surface area contributed by atoms with Crippen molar-refractivity contribution in [2.24, 2.45) is 0 Å². The Hall–Kier alpha value is -3.26. The highest BCUT2D eigenvalue weighted by atomic mass is 16.5. The Morgan fingerprint density at radius 2 is 1.85 bits per heavy atom. The maximum atomic E-state index is 5.42. The smallest absolute Gasteiger partial charge is 0.222 e. The summed E-state index contributed by atoms with van der Waals surface area (Å²) >= 11 is 0. The predicted octanol–water partition coefficient (Wildman–Crippen LogP) is 2.56. The molecule has 2 aromatic heterocycles. The minimum absolute atomic E-state index is 0.602. The molecule has 0 saturated carbocycles. The van der Waals surface area contributed by atoms with Gasteiger partial charge in [0.25, 0.3) is 0 Å². The van der Waals surface area contributed by atoms with Crippen LogP contribution in [0.5, 0.6) is 0 Å². The molecule has 8 heteroatoms. The van der Waals surface area contributed by atoms with Gasteiger partial charge in [0, 0.05) is 24.5 Å². The van der Waals surface area contributed by atoms with Crippen LogP contribution >= 0.6 is 0 Å². The van der Waals surface area contributed by atoms with Gasteiger partial charge in [-0.3, -0.25) is 0 Å². The zero-order chi connectivity index (χ0) is 18.2. The molecule has 0 aliphatic carbocycles. The SMILES string of the molecule is Cc1ccc2nc(Nc3ccc(N4CCOCC4)cc3)c3nnnn3c2c1. The normalized spacial score (nSPS) is 14.8. The molecular weight excluding hydrogens is 342 g/mol. The summed E-state index contributed by atoms with van der Waals surface area (Å²) in [5, 5.41) is 15.4. The van der Waals surface area contributed by atoms with Crippen LogP contribution < -0.4 is 10.2 Å². The number of ether oxygens (including phenoxy) is 1. The zero-order valence-electron chi connectivity index (χ0n) is 15.0.